The third kappa shape index (κ3) is 3.86. The van der Waals surface area contributed by atoms with Crippen LogP contribution in [0.25, 0.3) is 6.08 Å². The van der Waals surface area contributed by atoms with Gasteiger partial charge in [-0.2, -0.15) is 0 Å². The quantitative estimate of drug-likeness (QED) is 0.595. The van der Waals surface area contributed by atoms with Gasteiger partial charge in [0.2, 0.25) is 0 Å². The van der Waals surface area contributed by atoms with Crippen molar-refractivity contribution in [3.63, 3.8) is 0 Å². The molecule has 1 aliphatic heterocycles. The number of rotatable bonds is 5. The van der Waals surface area contributed by atoms with E-state index in [-0.39, 0.29) is 5.91 Å². The topological polar surface area (TPSA) is 29.5 Å². The second kappa shape index (κ2) is 7.64. The highest BCUT2D eigenvalue weighted by Crippen LogP contribution is 2.33. The van der Waals surface area contributed by atoms with Gasteiger partial charge in [0.25, 0.3) is 5.91 Å². The largest absolute Gasteiger partial charge is 0.497 e. The van der Waals surface area contributed by atoms with E-state index in [4.69, 9.17) is 17.0 Å². The molecule has 1 fully saturated rings. The molecule has 24 heavy (non-hydrogen) atoms. The van der Waals surface area contributed by atoms with Gasteiger partial charge in [-0.15, -0.1) is 0 Å². The van der Waals surface area contributed by atoms with Crippen molar-refractivity contribution in [3.05, 3.63) is 70.6 Å². The van der Waals surface area contributed by atoms with Crippen LogP contribution in [0.2, 0.25) is 0 Å². The molecule has 1 aliphatic rings. The number of carbonyl (C=O) groups excluding carboxylic acids is 1. The van der Waals surface area contributed by atoms with Gasteiger partial charge in [-0.05, 0) is 35.8 Å². The number of thioether (sulfide) groups is 1. The molecule has 0 N–H and O–H groups in total. The van der Waals surface area contributed by atoms with Crippen molar-refractivity contribution in [2.75, 3.05) is 13.7 Å². The molecular formula is C19H17NO2S2. The minimum atomic E-state index is -0.0243. The average Bonchev–Trinajstić information content (AvgIpc) is 2.87. The first kappa shape index (κ1) is 16.7. The van der Waals surface area contributed by atoms with Crippen LogP contribution in [0.4, 0.5) is 0 Å². The molecule has 5 heteroatoms. The maximum Gasteiger partial charge on any atom is 0.266 e. The first-order valence-electron chi connectivity index (χ1n) is 7.61. The monoisotopic (exact) mass is 355 g/mol. The predicted octanol–water partition coefficient (Wildman–Crippen LogP) is 4.14. The summed E-state index contributed by atoms with van der Waals surface area (Å²) in [5.41, 5.74) is 2.13. The van der Waals surface area contributed by atoms with Crippen LogP contribution in [-0.4, -0.2) is 28.8 Å². The molecule has 2 aromatic carbocycles. The molecule has 0 bridgehead atoms. The summed E-state index contributed by atoms with van der Waals surface area (Å²) in [6.07, 6.45) is 2.66. The maximum absolute atomic E-state index is 12.6. The molecule has 122 valence electrons. The van der Waals surface area contributed by atoms with Gasteiger partial charge in [-0.3, -0.25) is 9.69 Å². The number of amides is 1. The van der Waals surface area contributed by atoms with Gasteiger partial charge in [-0.1, -0.05) is 66.4 Å². The van der Waals surface area contributed by atoms with Crippen LogP contribution in [-0.2, 0) is 11.2 Å². The van der Waals surface area contributed by atoms with Crippen molar-refractivity contribution >= 4 is 40.3 Å². The second-order valence-electron chi connectivity index (χ2n) is 5.35. The van der Waals surface area contributed by atoms with Gasteiger partial charge < -0.3 is 4.74 Å². The van der Waals surface area contributed by atoms with Crippen LogP contribution >= 0.6 is 24.0 Å². The number of benzene rings is 2. The minimum absolute atomic E-state index is 0.0243. The standard InChI is InChI=1S/C19H17NO2S2/c1-22-16-9-5-8-15(12-16)13-17-18(21)20(19(23)24-17)11-10-14-6-3-2-4-7-14/h2-9,12-13H,10-11H2,1H3/b17-13+. The molecule has 0 aliphatic carbocycles. The molecule has 1 amide bonds. The van der Waals surface area contributed by atoms with E-state index in [1.807, 2.05) is 48.5 Å². The molecular weight excluding hydrogens is 338 g/mol. The van der Waals surface area contributed by atoms with E-state index in [9.17, 15) is 4.79 Å². The van der Waals surface area contributed by atoms with E-state index in [0.717, 1.165) is 17.7 Å². The summed E-state index contributed by atoms with van der Waals surface area (Å²) in [6, 6.07) is 17.7. The summed E-state index contributed by atoms with van der Waals surface area (Å²) < 4.78 is 5.83. The summed E-state index contributed by atoms with van der Waals surface area (Å²) in [5.74, 6) is 0.743. The molecule has 0 saturated carbocycles. The van der Waals surface area contributed by atoms with Gasteiger partial charge >= 0.3 is 0 Å². The Morgan fingerprint density at radius 2 is 1.96 bits per heavy atom. The van der Waals surface area contributed by atoms with Crippen molar-refractivity contribution in [1.82, 2.24) is 4.90 Å². The lowest BCUT2D eigenvalue weighted by molar-refractivity contribution is -0.122. The number of thiocarbonyl (C=S) groups is 1. The van der Waals surface area contributed by atoms with Crippen LogP contribution in [0, 0.1) is 0 Å². The zero-order chi connectivity index (χ0) is 16.9. The van der Waals surface area contributed by atoms with Gasteiger partial charge in [0.15, 0.2) is 0 Å². The van der Waals surface area contributed by atoms with Crippen molar-refractivity contribution < 1.29 is 9.53 Å². The Labute approximate surface area is 151 Å². The van der Waals surface area contributed by atoms with Crippen molar-refractivity contribution in [1.29, 1.82) is 0 Å². The van der Waals surface area contributed by atoms with Crippen molar-refractivity contribution in [3.8, 4) is 5.75 Å². The number of methoxy groups -OCH3 is 1. The first-order valence-corrected chi connectivity index (χ1v) is 8.83. The van der Waals surface area contributed by atoms with E-state index in [0.29, 0.717) is 15.8 Å². The molecule has 2 aromatic rings. The van der Waals surface area contributed by atoms with Crippen LogP contribution < -0.4 is 4.74 Å². The average molecular weight is 355 g/mol. The Morgan fingerprint density at radius 3 is 2.71 bits per heavy atom. The highest BCUT2D eigenvalue weighted by molar-refractivity contribution is 8.26. The van der Waals surface area contributed by atoms with Gasteiger partial charge in [0.1, 0.15) is 10.1 Å². The fourth-order valence-electron chi connectivity index (χ4n) is 2.46. The lowest BCUT2D eigenvalue weighted by Gasteiger charge is -2.14. The predicted molar refractivity (Wildman–Crippen MR) is 103 cm³/mol. The maximum atomic E-state index is 12.6. The molecule has 3 nitrogen and oxygen atoms in total. The van der Waals surface area contributed by atoms with Crippen molar-refractivity contribution in [2.24, 2.45) is 0 Å². The number of hydrogen-bond donors (Lipinski definition) is 0. The number of ether oxygens (including phenoxy) is 1. The zero-order valence-corrected chi connectivity index (χ0v) is 14.9. The summed E-state index contributed by atoms with van der Waals surface area (Å²) in [7, 11) is 1.63. The highest BCUT2D eigenvalue weighted by atomic mass is 32.2. The Kier molecular flexibility index (Phi) is 5.33. The molecule has 1 saturated heterocycles. The van der Waals surface area contributed by atoms with Crippen LogP contribution in [0.15, 0.2) is 59.5 Å². The molecule has 1 heterocycles. The molecule has 3 rings (SSSR count). The fourth-order valence-corrected chi connectivity index (χ4v) is 3.77. The number of hydrogen-bond acceptors (Lipinski definition) is 4. The van der Waals surface area contributed by atoms with E-state index >= 15 is 0 Å². The molecule has 0 radical (unpaired) electrons. The highest BCUT2D eigenvalue weighted by Gasteiger charge is 2.31. The van der Waals surface area contributed by atoms with Gasteiger partial charge in [0.05, 0.1) is 12.0 Å². The fraction of sp³-hybridized carbons (Fsp3) is 0.158. The number of carbonyl (C=O) groups is 1. The van der Waals surface area contributed by atoms with Gasteiger partial charge in [-0.25, -0.2) is 0 Å². The summed E-state index contributed by atoms with van der Waals surface area (Å²) in [4.78, 5) is 14.9. The SMILES string of the molecule is COc1cccc(/C=C2/SC(=S)N(CCc3ccccc3)C2=O)c1. The molecule has 0 unspecified atom stereocenters. The number of nitrogens with zero attached hydrogens (tertiary/aromatic N) is 1. The van der Waals surface area contributed by atoms with E-state index < -0.39 is 0 Å². The summed E-state index contributed by atoms with van der Waals surface area (Å²) >= 11 is 6.73. The van der Waals surface area contributed by atoms with Crippen LogP contribution in [0.1, 0.15) is 11.1 Å². The lowest BCUT2D eigenvalue weighted by atomic mass is 10.1. The third-order valence-electron chi connectivity index (χ3n) is 3.73. The third-order valence-corrected chi connectivity index (χ3v) is 5.11. The Hall–Kier alpha value is -2.11. The summed E-state index contributed by atoms with van der Waals surface area (Å²) in [6.45, 7) is 0.601. The van der Waals surface area contributed by atoms with Gasteiger partial charge in [0, 0.05) is 6.54 Å². The second-order valence-corrected chi connectivity index (χ2v) is 7.02. The lowest BCUT2D eigenvalue weighted by Crippen LogP contribution is -2.30. The van der Waals surface area contributed by atoms with E-state index in [1.165, 1.54) is 17.3 Å². The van der Waals surface area contributed by atoms with Crippen LogP contribution in [0.5, 0.6) is 5.75 Å². The molecule has 0 atom stereocenters. The first-order chi connectivity index (χ1) is 11.7. The Bertz CT molecular complexity index is 787. The molecule has 0 spiro atoms. The zero-order valence-electron chi connectivity index (χ0n) is 13.3. The summed E-state index contributed by atoms with van der Waals surface area (Å²) in [5, 5.41) is 0. The normalized spacial score (nSPS) is 16.0. The van der Waals surface area contributed by atoms with E-state index in [1.54, 1.807) is 12.0 Å². The Balaban J connectivity index is 1.72. The van der Waals surface area contributed by atoms with Crippen LogP contribution in [0.3, 0.4) is 0 Å². The Morgan fingerprint density at radius 1 is 1.17 bits per heavy atom. The van der Waals surface area contributed by atoms with Crippen molar-refractivity contribution in [2.45, 2.75) is 6.42 Å². The van der Waals surface area contributed by atoms with E-state index in [2.05, 4.69) is 12.1 Å². The smallest absolute Gasteiger partial charge is 0.266 e. The minimum Gasteiger partial charge on any atom is -0.497 e. The molecule has 0 aromatic heterocycles.